The minimum absolute atomic E-state index is 0.450. The van der Waals surface area contributed by atoms with Gasteiger partial charge in [0.2, 0.25) is 5.69 Å². The number of H-pyrrole nitrogens is 1. The van der Waals surface area contributed by atoms with Gasteiger partial charge >= 0.3 is 0 Å². The van der Waals surface area contributed by atoms with Crippen molar-refractivity contribution < 1.29 is 4.68 Å². The molecule has 0 aliphatic carbocycles. The third-order valence-corrected chi connectivity index (χ3v) is 2.84. The van der Waals surface area contributed by atoms with Crippen molar-refractivity contribution in [1.29, 1.82) is 5.26 Å². The molecule has 0 saturated heterocycles. The van der Waals surface area contributed by atoms with Gasteiger partial charge in [-0.2, -0.15) is 10.4 Å². The third-order valence-electron chi connectivity index (χ3n) is 2.84. The Kier molecular flexibility index (Phi) is 3.49. The van der Waals surface area contributed by atoms with Crippen molar-refractivity contribution in [3.8, 4) is 6.07 Å². The molecule has 0 amide bonds. The topological polar surface area (TPSA) is 72.9 Å². The van der Waals surface area contributed by atoms with Crippen molar-refractivity contribution in [1.82, 2.24) is 5.10 Å². The molecule has 0 saturated carbocycles. The minimum Gasteiger partial charge on any atom is -0.192 e. The first-order chi connectivity index (χ1) is 8.78. The minimum atomic E-state index is 0.450. The summed E-state index contributed by atoms with van der Waals surface area (Å²) >= 11 is 0. The van der Waals surface area contributed by atoms with E-state index in [-0.39, 0.29) is 0 Å². The van der Waals surface area contributed by atoms with Gasteiger partial charge < -0.3 is 0 Å². The van der Waals surface area contributed by atoms with Crippen molar-refractivity contribution in [3.63, 3.8) is 0 Å². The normalized spacial score (nSPS) is 10.0. The predicted molar refractivity (Wildman–Crippen MR) is 66.1 cm³/mol. The van der Waals surface area contributed by atoms with Gasteiger partial charge in [-0.1, -0.05) is 19.1 Å². The molecule has 18 heavy (non-hydrogen) atoms. The van der Waals surface area contributed by atoms with Crippen LogP contribution < -0.4 is 4.68 Å². The highest BCUT2D eigenvalue weighted by Gasteiger charge is 2.18. The van der Waals surface area contributed by atoms with Crippen LogP contribution in [0.25, 0.3) is 0 Å². The Labute approximate surface area is 105 Å². The van der Waals surface area contributed by atoms with E-state index in [4.69, 9.17) is 5.26 Å². The summed E-state index contributed by atoms with van der Waals surface area (Å²) in [6.45, 7) is 2.61. The summed E-state index contributed by atoms with van der Waals surface area (Å²) in [6.07, 6.45) is 2.34. The van der Waals surface area contributed by atoms with E-state index >= 15 is 0 Å². The predicted octanol–water partition coefficient (Wildman–Crippen LogP) is 2.18. The van der Waals surface area contributed by atoms with E-state index in [0.29, 0.717) is 17.8 Å². The van der Waals surface area contributed by atoms with Gasteiger partial charge in [-0.15, -0.1) is 9.59 Å². The van der Waals surface area contributed by atoms with Crippen LogP contribution in [0, 0.1) is 16.2 Å². The highest BCUT2D eigenvalue weighted by atomic mass is 16.3. The van der Waals surface area contributed by atoms with Crippen LogP contribution in [-0.2, 0) is 13.0 Å². The molecule has 90 valence electrons. The van der Waals surface area contributed by atoms with Crippen LogP contribution in [0.2, 0.25) is 0 Å². The van der Waals surface area contributed by atoms with E-state index < -0.39 is 0 Å². The molecule has 5 heteroatoms. The zero-order valence-corrected chi connectivity index (χ0v) is 10.1. The van der Waals surface area contributed by atoms with E-state index in [1.54, 1.807) is 18.3 Å². The SMILES string of the molecule is CCc1c(N=O)c[nH][n+]1Cc1ccc(C#N)cc1. The molecule has 1 N–H and O–H groups in total. The van der Waals surface area contributed by atoms with Crippen molar-refractivity contribution in [3.05, 3.63) is 52.2 Å². The van der Waals surface area contributed by atoms with Crippen LogP contribution >= 0.6 is 0 Å². The van der Waals surface area contributed by atoms with E-state index in [0.717, 1.165) is 17.7 Å². The lowest BCUT2D eigenvalue weighted by Crippen LogP contribution is -2.39. The first kappa shape index (κ1) is 12.0. The number of nitroso groups, excluding NO2 is 1. The fourth-order valence-electron chi connectivity index (χ4n) is 1.90. The Morgan fingerprint density at radius 3 is 2.67 bits per heavy atom. The maximum Gasteiger partial charge on any atom is 0.236 e. The van der Waals surface area contributed by atoms with Gasteiger partial charge in [0.15, 0.2) is 12.2 Å². The van der Waals surface area contributed by atoms with Gasteiger partial charge in [0, 0.05) is 12.0 Å². The summed E-state index contributed by atoms with van der Waals surface area (Å²) in [6, 6.07) is 9.45. The monoisotopic (exact) mass is 241 g/mol. The van der Waals surface area contributed by atoms with Gasteiger partial charge in [0.25, 0.3) is 0 Å². The van der Waals surface area contributed by atoms with Gasteiger partial charge in [0.1, 0.15) is 0 Å². The molecule has 0 bridgehead atoms. The van der Waals surface area contributed by atoms with Gasteiger partial charge in [-0.25, -0.2) is 0 Å². The molecule has 2 rings (SSSR count). The molecule has 2 aromatic rings. The number of hydrogen-bond donors (Lipinski definition) is 1. The third kappa shape index (κ3) is 2.28. The summed E-state index contributed by atoms with van der Waals surface area (Å²) < 4.78 is 1.89. The number of aromatic nitrogens is 2. The zero-order valence-electron chi connectivity index (χ0n) is 10.1. The number of rotatable bonds is 4. The number of benzene rings is 1. The lowest BCUT2D eigenvalue weighted by molar-refractivity contribution is -0.748. The molecular formula is C13H13N4O+. The van der Waals surface area contributed by atoms with E-state index in [9.17, 15) is 4.91 Å². The van der Waals surface area contributed by atoms with Gasteiger partial charge in [-0.05, 0) is 17.3 Å². The summed E-state index contributed by atoms with van der Waals surface area (Å²) in [5.74, 6) is 0. The molecule has 1 aromatic heterocycles. The average Bonchev–Trinajstić information content (AvgIpc) is 2.81. The molecule has 0 radical (unpaired) electrons. The van der Waals surface area contributed by atoms with E-state index in [1.165, 1.54) is 0 Å². The first-order valence-electron chi connectivity index (χ1n) is 5.71. The summed E-state index contributed by atoms with van der Waals surface area (Å²) in [5, 5.41) is 14.7. The number of nitriles is 1. The van der Waals surface area contributed by atoms with Crippen molar-refractivity contribution in [2.75, 3.05) is 0 Å². The molecule has 0 unspecified atom stereocenters. The van der Waals surface area contributed by atoms with Crippen LogP contribution in [-0.4, -0.2) is 5.10 Å². The van der Waals surface area contributed by atoms with Crippen molar-refractivity contribution in [2.24, 2.45) is 5.18 Å². The Morgan fingerprint density at radius 1 is 1.39 bits per heavy atom. The standard InChI is InChI=1S/C13H12N4O/c1-2-13-12(16-18)8-15-17(13)9-11-5-3-10(7-14)4-6-11/h3-6,8H,2,9H2,1H3/p+1. The average molecular weight is 241 g/mol. The molecular weight excluding hydrogens is 228 g/mol. The molecule has 0 aliphatic rings. The van der Waals surface area contributed by atoms with Gasteiger partial charge in [0.05, 0.1) is 17.8 Å². The van der Waals surface area contributed by atoms with Crippen LogP contribution in [0.15, 0.2) is 35.6 Å². The van der Waals surface area contributed by atoms with E-state index in [2.05, 4.69) is 16.3 Å². The largest absolute Gasteiger partial charge is 0.236 e. The Balaban J connectivity index is 2.25. The lowest BCUT2D eigenvalue weighted by Gasteiger charge is -1.97. The lowest BCUT2D eigenvalue weighted by atomic mass is 10.1. The smallest absolute Gasteiger partial charge is 0.192 e. The zero-order chi connectivity index (χ0) is 13.0. The molecule has 0 atom stereocenters. The first-order valence-corrected chi connectivity index (χ1v) is 5.71. The van der Waals surface area contributed by atoms with Crippen LogP contribution in [0.3, 0.4) is 0 Å². The molecule has 0 fully saturated rings. The molecule has 1 heterocycles. The number of nitrogens with zero attached hydrogens (tertiary/aromatic N) is 3. The second-order valence-corrected chi connectivity index (χ2v) is 3.95. The van der Waals surface area contributed by atoms with Crippen LogP contribution in [0.4, 0.5) is 5.69 Å². The fraction of sp³-hybridized carbons (Fsp3) is 0.231. The number of aromatic amines is 1. The van der Waals surface area contributed by atoms with Crippen molar-refractivity contribution >= 4 is 5.69 Å². The van der Waals surface area contributed by atoms with Gasteiger partial charge in [-0.3, -0.25) is 0 Å². The second-order valence-electron chi connectivity index (χ2n) is 3.95. The summed E-state index contributed by atoms with van der Waals surface area (Å²) in [4.78, 5) is 10.6. The molecule has 0 aliphatic heterocycles. The quantitative estimate of drug-likeness (QED) is 0.658. The Hall–Kier alpha value is -2.48. The number of nitrogens with one attached hydrogen (secondary N) is 1. The Bertz CT molecular complexity index is 592. The van der Waals surface area contributed by atoms with Crippen LogP contribution in [0.5, 0.6) is 0 Å². The molecule has 5 nitrogen and oxygen atoms in total. The highest BCUT2D eigenvalue weighted by Crippen LogP contribution is 2.14. The Morgan fingerprint density at radius 2 is 2.11 bits per heavy atom. The highest BCUT2D eigenvalue weighted by molar-refractivity contribution is 5.36. The fourth-order valence-corrected chi connectivity index (χ4v) is 1.90. The van der Waals surface area contributed by atoms with E-state index in [1.807, 2.05) is 23.7 Å². The molecule has 1 aromatic carbocycles. The molecule has 0 spiro atoms. The summed E-state index contributed by atoms with van der Waals surface area (Å²) in [7, 11) is 0. The van der Waals surface area contributed by atoms with Crippen molar-refractivity contribution in [2.45, 2.75) is 19.9 Å². The van der Waals surface area contributed by atoms with Crippen LogP contribution in [0.1, 0.15) is 23.7 Å². The maximum absolute atomic E-state index is 10.6. The maximum atomic E-state index is 10.6. The number of hydrogen-bond acceptors (Lipinski definition) is 3. The second kappa shape index (κ2) is 5.23. The summed E-state index contributed by atoms with van der Waals surface area (Å²) in [5.41, 5.74) is 3.04.